The summed E-state index contributed by atoms with van der Waals surface area (Å²) >= 11 is 6.33. The van der Waals surface area contributed by atoms with Crippen LogP contribution in [0.5, 0.6) is 0 Å². The van der Waals surface area contributed by atoms with E-state index in [4.69, 9.17) is 11.6 Å². The van der Waals surface area contributed by atoms with Crippen molar-refractivity contribution in [1.29, 1.82) is 0 Å². The maximum atomic E-state index is 12.5. The molecule has 1 aromatic carbocycles. The highest BCUT2D eigenvalue weighted by atomic mass is 35.5. The van der Waals surface area contributed by atoms with Gasteiger partial charge in [-0.15, -0.1) is 0 Å². The molecule has 0 saturated carbocycles. The van der Waals surface area contributed by atoms with Crippen LogP contribution in [0.15, 0.2) is 41.3 Å². The first-order valence-electron chi connectivity index (χ1n) is 7.28. The fourth-order valence-electron chi connectivity index (χ4n) is 2.83. The standard InChI is InChI=1S/C16H18ClN3O/c1-12-7-5-6-10-19(12)14-11-18-20(16(21)15(14)17)13-8-3-2-4-9-13/h2-4,8-9,11-12H,5-7,10H2,1H3/t12-/m1/s1. The Labute approximate surface area is 129 Å². The van der Waals surface area contributed by atoms with E-state index in [1.165, 1.54) is 11.1 Å². The highest BCUT2D eigenvalue weighted by Crippen LogP contribution is 2.28. The van der Waals surface area contributed by atoms with Crippen LogP contribution in [-0.2, 0) is 0 Å². The summed E-state index contributed by atoms with van der Waals surface area (Å²) in [7, 11) is 0. The number of hydrogen-bond donors (Lipinski definition) is 0. The van der Waals surface area contributed by atoms with Gasteiger partial charge in [-0.3, -0.25) is 4.79 Å². The van der Waals surface area contributed by atoms with Gasteiger partial charge in [-0.1, -0.05) is 29.8 Å². The highest BCUT2D eigenvalue weighted by Gasteiger charge is 2.23. The number of hydrogen-bond acceptors (Lipinski definition) is 3. The minimum absolute atomic E-state index is 0.252. The molecule has 0 unspecified atom stereocenters. The van der Waals surface area contributed by atoms with Crippen molar-refractivity contribution in [1.82, 2.24) is 9.78 Å². The van der Waals surface area contributed by atoms with Gasteiger partial charge >= 0.3 is 0 Å². The van der Waals surface area contributed by atoms with Crippen molar-refractivity contribution in [2.24, 2.45) is 0 Å². The lowest BCUT2D eigenvalue weighted by Crippen LogP contribution is -2.39. The third kappa shape index (κ3) is 2.68. The average molecular weight is 304 g/mol. The van der Waals surface area contributed by atoms with E-state index < -0.39 is 0 Å². The third-order valence-electron chi connectivity index (χ3n) is 4.01. The second-order valence-electron chi connectivity index (χ2n) is 5.43. The van der Waals surface area contributed by atoms with E-state index in [0.29, 0.717) is 6.04 Å². The minimum Gasteiger partial charge on any atom is -0.366 e. The maximum Gasteiger partial charge on any atom is 0.292 e. The van der Waals surface area contributed by atoms with Crippen molar-refractivity contribution in [3.05, 3.63) is 51.9 Å². The normalized spacial score (nSPS) is 18.8. The zero-order valence-corrected chi connectivity index (χ0v) is 12.8. The monoisotopic (exact) mass is 303 g/mol. The zero-order chi connectivity index (χ0) is 14.8. The van der Waals surface area contributed by atoms with Crippen LogP contribution in [0.25, 0.3) is 5.69 Å². The molecule has 2 aromatic rings. The number of para-hydroxylation sites is 1. The van der Waals surface area contributed by atoms with Crippen LogP contribution in [0.1, 0.15) is 26.2 Å². The molecule has 0 spiro atoms. The van der Waals surface area contributed by atoms with Crippen molar-refractivity contribution in [2.45, 2.75) is 32.2 Å². The molecule has 1 fully saturated rings. The highest BCUT2D eigenvalue weighted by molar-refractivity contribution is 6.33. The average Bonchev–Trinajstić information content (AvgIpc) is 2.52. The maximum absolute atomic E-state index is 12.5. The van der Waals surface area contributed by atoms with Crippen molar-refractivity contribution in [3.8, 4) is 5.69 Å². The molecule has 2 heterocycles. The van der Waals surface area contributed by atoms with Gasteiger partial charge in [-0.25, -0.2) is 0 Å². The lowest BCUT2D eigenvalue weighted by molar-refractivity contribution is 0.483. The largest absolute Gasteiger partial charge is 0.366 e. The van der Waals surface area contributed by atoms with Gasteiger partial charge in [0.25, 0.3) is 5.56 Å². The second kappa shape index (κ2) is 5.90. The summed E-state index contributed by atoms with van der Waals surface area (Å²) in [6.45, 7) is 3.09. The SMILES string of the molecule is C[C@@H]1CCCCN1c1cnn(-c2ccccc2)c(=O)c1Cl. The molecule has 0 N–H and O–H groups in total. The Balaban J connectivity index is 2.03. The molecule has 5 heteroatoms. The Hall–Kier alpha value is -1.81. The number of piperidine rings is 1. The molecule has 3 rings (SSSR count). The Morgan fingerprint density at radius 1 is 1.24 bits per heavy atom. The predicted molar refractivity (Wildman–Crippen MR) is 85.5 cm³/mol. The Morgan fingerprint density at radius 2 is 2.00 bits per heavy atom. The lowest BCUT2D eigenvalue weighted by Gasteiger charge is -2.35. The van der Waals surface area contributed by atoms with Crippen LogP contribution in [0, 0.1) is 0 Å². The van der Waals surface area contributed by atoms with Crippen molar-refractivity contribution < 1.29 is 0 Å². The number of aromatic nitrogens is 2. The van der Waals surface area contributed by atoms with Gasteiger partial charge in [0.2, 0.25) is 0 Å². The quantitative estimate of drug-likeness (QED) is 0.854. The molecule has 0 bridgehead atoms. The first kappa shape index (κ1) is 14.1. The van der Waals surface area contributed by atoms with Crippen LogP contribution in [0.2, 0.25) is 5.02 Å². The Bertz CT molecular complexity index is 684. The van der Waals surface area contributed by atoms with Gasteiger partial charge < -0.3 is 4.90 Å². The van der Waals surface area contributed by atoms with Crippen LogP contribution in [-0.4, -0.2) is 22.4 Å². The number of nitrogens with zero attached hydrogens (tertiary/aromatic N) is 3. The van der Waals surface area contributed by atoms with Crippen LogP contribution in [0.4, 0.5) is 5.69 Å². The van der Waals surface area contributed by atoms with E-state index in [1.807, 2.05) is 30.3 Å². The summed E-state index contributed by atoms with van der Waals surface area (Å²) in [5.74, 6) is 0. The van der Waals surface area contributed by atoms with E-state index in [2.05, 4.69) is 16.9 Å². The molecule has 1 aromatic heterocycles. The molecule has 1 aliphatic heterocycles. The molecule has 0 aliphatic carbocycles. The molecular formula is C16H18ClN3O. The summed E-state index contributed by atoms with van der Waals surface area (Å²) in [5.41, 5.74) is 1.21. The van der Waals surface area contributed by atoms with Gasteiger partial charge in [-0.2, -0.15) is 9.78 Å². The number of benzene rings is 1. The third-order valence-corrected chi connectivity index (χ3v) is 4.37. The fraction of sp³-hybridized carbons (Fsp3) is 0.375. The summed E-state index contributed by atoms with van der Waals surface area (Å²) in [6.07, 6.45) is 5.18. The van der Waals surface area contributed by atoms with Crippen molar-refractivity contribution in [3.63, 3.8) is 0 Å². The number of rotatable bonds is 2. The van der Waals surface area contributed by atoms with E-state index >= 15 is 0 Å². The Kier molecular flexibility index (Phi) is 3.97. The molecule has 0 amide bonds. The summed E-state index contributed by atoms with van der Waals surface area (Å²) < 4.78 is 1.35. The summed E-state index contributed by atoms with van der Waals surface area (Å²) in [5, 5.41) is 4.55. The minimum atomic E-state index is -0.266. The molecule has 110 valence electrons. The van der Waals surface area contributed by atoms with Gasteiger partial charge in [0.1, 0.15) is 5.02 Å². The van der Waals surface area contributed by atoms with Crippen molar-refractivity contribution in [2.75, 3.05) is 11.4 Å². The molecule has 1 saturated heterocycles. The van der Waals surface area contributed by atoms with E-state index in [0.717, 1.165) is 30.8 Å². The molecule has 4 nitrogen and oxygen atoms in total. The van der Waals surface area contributed by atoms with Crippen LogP contribution >= 0.6 is 11.6 Å². The van der Waals surface area contributed by atoms with Gasteiger partial charge in [0.15, 0.2) is 0 Å². The van der Waals surface area contributed by atoms with Crippen LogP contribution < -0.4 is 10.5 Å². The smallest absolute Gasteiger partial charge is 0.292 e. The number of anilines is 1. The van der Waals surface area contributed by atoms with Crippen molar-refractivity contribution >= 4 is 17.3 Å². The zero-order valence-electron chi connectivity index (χ0n) is 12.0. The summed E-state index contributed by atoms with van der Waals surface area (Å²) in [4.78, 5) is 14.7. The van der Waals surface area contributed by atoms with E-state index in [9.17, 15) is 4.79 Å². The van der Waals surface area contributed by atoms with Crippen LogP contribution in [0.3, 0.4) is 0 Å². The van der Waals surface area contributed by atoms with Gasteiger partial charge in [0, 0.05) is 12.6 Å². The molecule has 1 atom stereocenters. The number of halogens is 1. The molecule has 0 radical (unpaired) electrons. The second-order valence-corrected chi connectivity index (χ2v) is 5.81. The molecule has 21 heavy (non-hydrogen) atoms. The predicted octanol–water partition coefficient (Wildman–Crippen LogP) is 3.26. The Morgan fingerprint density at radius 3 is 2.71 bits per heavy atom. The lowest BCUT2D eigenvalue weighted by atomic mass is 10.0. The van der Waals surface area contributed by atoms with E-state index in [1.54, 1.807) is 6.20 Å². The fourth-order valence-corrected chi connectivity index (χ4v) is 3.07. The van der Waals surface area contributed by atoms with Gasteiger partial charge in [-0.05, 0) is 38.3 Å². The molecular weight excluding hydrogens is 286 g/mol. The van der Waals surface area contributed by atoms with E-state index in [-0.39, 0.29) is 10.6 Å². The summed E-state index contributed by atoms with van der Waals surface area (Å²) in [6, 6.07) is 9.72. The first-order valence-corrected chi connectivity index (χ1v) is 7.66. The first-order chi connectivity index (χ1) is 10.2. The van der Waals surface area contributed by atoms with Gasteiger partial charge in [0.05, 0.1) is 17.6 Å². The molecule has 1 aliphatic rings. The topological polar surface area (TPSA) is 38.1 Å².